The Labute approximate surface area is 123 Å². The fourth-order valence-corrected chi connectivity index (χ4v) is 2.42. The number of amides is 1. The number of nitrogens with two attached hydrogens (primary N) is 1. The molecule has 1 aromatic rings. The first-order valence-corrected chi connectivity index (χ1v) is 6.96. The largest absolute Gasteiger partial charge is 0.497 e. The van der Waals surface area contributed by atoms with Crippen LogP contribution in [-0.4, -0.2) is 38.7 Å². The molecule has 21 heavy (non-hydrogen) atoms. The van der Waals surface area contributed by atoms with Gasteiger partial charge >= 0.3 is 5.97 Å². The molecule has 1 heterocycles. The highest BCUT2D eigenvalue weighted by molar-refractivity contribution is 6.04. The van der Waals surface area contributed by atoms with Crippen LogP contribution in [0.3, 0.4) is 0 Å². The van der Waals surface area contributed by atoms with Crippen molar-refractivity contribution in [2.24, 2.45) is 11.7 Å². The van der Waals surface area contributed by atoms with Gasteiger partial charge in [0.25, 0.3) is 0 Å². The molecule has 1 aliphatic rings. The molecule has 0 bridgehead atoms. The fraction of sp³-hybridized carbons (Fsp3) is 0.467. The Balaban J connectivity index is 2.38. The van der Waals surface area contributed by atoms with Gasteiger partial charge in [0.2, 0.25) is 5.91 Å². The Morgan fingerprint density at radius 2 is 2.24 bits per heavy atom. The Kier molecular flexibility index (Phi) is 4.80. The molecule has 6 heteroatoms. The smallest absolute Gasteiger partial charge is 0.340 e. The van der Waals surface area contributed by atoms with Crippen molar-refractivity contribution in [1.82, 2.24) is 0 Å². The van der Waals surface area contributed by atoms with E-state index in [9.17, 15) is 9.59 Å². The molecule has 0 aliphatic carbocycles. The van der Waals surface area contributed by atoms with E-state index in [-0.39, 0.29) is 18.4 Å². The number of hydrogen-bond acceptors (Lipinski definition) is 5. The van der Waals surface area contributed by atoms with Crippen LogP contribution < -0.4 is 15.4 Å². The lowest BCUT2D eigenvalue weighted by molar-refractivity contribution is -0.117. The van der Waals surface area contributed by atoms with Crippen LogP contribution in [-0.2, 0) is 9.53 Å². The molecule has 2 N–H and O–H groups in total. The molecule has 0 saturated carbocycles. The summed E-state index contributed by atoms with van der Waals surface area (Å²) in [4.78, 5) is 25.8. The molecule has 1 unspecified atom stereocenters. The van der Waals surface area contributed by atoms with Gasteiger partial charge in [0.1, 0.15) is 5.75 Å². The predicted molar refractivity (Wildman–Crippen MR) is 78.5 cm³/mol. The molecule has 1 aliphatic heterocycles. The van der Waals surface area contributed by atoms with Crippen molar-refractivity contribution in [3.8, 4) is 5.75 Å². The van der Waals surface area contributed by atoms with Gasteiger partial charge in [-0.25, -0.2) is 4.79 Å². The van der Waals surface area contributed by atoms with Crippen molar-refractivity contribution in [2.45, 2.75) is 13.3 Å². The van der Waals surface area contributed by atoms with Crippen LogP contribution >= 0.6 is 0 Å². The summed E-state index contributed by atoms with van der Waals surface area (Å²) < 4.78 is 10.2. The van der Waals surface area contributed by atoms with Gasteiger partial charge in [-0.05, 0) is 37.6 Å². The zero-order chi connectivity index (χ0) is 15.4. The molecular formula is C15H20N2O4. The molecule has 0 aromatic heterocycles. The maximum atomic E-state index is 12.1. The Morgan fingerprint density at radius 3 is 2.81 bits per heavy atom. The maximum Gasteiger partial charge on any atom is 0.340 e. The van der Waals surface area contributed by atoms with Gasteiger partial charge in [0.05, 0.1) is 25.0 Å². The van der Waals surface area contributed by atoms with Gasteiger partial charge in [-0.3, -0.25) is 4.79 Å². The standard InChI is InChI=1S/C15H20N2O4/c1-3-21-15(19)12-7-11(20-2)4-5-13(12)17-9-10(8-16)6-14(17)18/h4-5,7,10H,3,6,8-9,16H2,1-2H3. The molecule has 0 radical (unpaired) electrons. The molecular weight excluding hydrogens is 272 g/mol. The lowest BCUT2D eigenvalue weighted by atomic mass is 10.1. The third-order valence-electron chi connectivity index (χ3n) is 3.53. The quantitative estimate of drug-likeness (QED) is 0.824. The molecule has 114 valence electrons. The van der Waals surface area contributed by atoms with Gasteiger partial charge in [-0.15, -0.1) is 0 Å². The van der Waals surface area contributed by atoms with Crippen molar-refractivity contribution in [3.63, 3.8) is 0 Å². The van der Waals surface area contributed by atoms with Crippen LogP contribution in [0.4, 0.5) is 5.69 Å². The van der Waals surface area contributed by atoms with E-state index in [2.05, 4.69) is 0 Å². The topological polar surface area (TPSA) is 81.9 Å². The minimum absolute atomic E-state index is 0.0267. The number of ether oxygens (including phenoxy) is 2. The van der Waals surface area contributed by atoms with E-state index in [0.717, 1.165) is 0 Å². The third-order valence-corrected chi connectivity index (χ3v) is 3.53. The average Bonchev–Trinajstić information content (AvgIpc) is 2.88. The Hall–Kier alpha value is -2.08. The van der Waals surface area contributed by atoms with E-state index in [1.165, 1.54) is 7.11 Å². The van der Waals surface area contributed by atoms with Crippen molar-refractivity contribution < 1.29 is 19.1 Å². The van der Waals surface area contributed by atoms with Crippen LogP contribution in [0.1, 0.15) is 23.7 Å². The predicted octanol–water partition coefficient (Wildman–Crippen LogP) is 1.18. The van der Waals surface area contributed by atoms with E-state index >= 15 is 0 Å². The SMILES string of the molecule is CCOC(=O)c1cc(OC)ccc1N1CC(CN)CC1=O. The van der Waals surface area contributed by atoms with Gasteiger partial charge in [-0.1, -0.05) is 0 Å². The number of rotatable bonds is 5. The summed E-state index contributed by atoms with van der Waals surface area (Å²) in [6, 6.07) is 5.03. The highest BCUT2D eigenvalue weighted by Crippen LogP contribution is 2.31. The van der Waals surface area contributed by atoms with Crippen LogP contribution in [0.2, 0.25) is 0 Å². The van der Waals surface area contributed by atoms with Crippen molar-refractivity contribution in [3.05, 3.63) is 23.8 Å². The van der Waals surface area contributed by atoms with Gasteiger partial charge in [-0.2, -0.15) is 0 Å². The lowest BCUT2D eigenvalue weighted by Crippen LogP contribution is -2.27. The first kappa shape index (κ1) is 15.3. The van der Waals surface area contributed by atoms with E-state index < -0.39 is 5.97 Å². The van der Waals surface area contributed by atoms with Crippen LogP contribution in [0.5, 0.6) is 5.75 Å². The Morgan fingerprint density at radius 1 is 1.48 bits per heavy atom. The molecule has 6 nitrogen and oxygen atoms in total. The summed E-state index contributed by atoms with van der Waals surface area (Å²) in [5, 5.41) is 0. The molecule has 1 amide bonds. The molecule has 2 rings (SSSR count). The number of benzene rings is 1. The highest BCUT2D eigenvalue weighted by atomic mass is 16.5. The average molecular weight is 292 g/mol. The number of hydrogen-bond donors (Lipinski definition) is 1. The normalized spacial score (nSPS) is 18.0. The van der Waals surface area contributed by atoms with E-state index in [1.54, 1.807) is 30.0 Å². The van der Waals surface area contributed by atoms with E-state index in [0.29, 0.717) is 36.5 Å². The van der Waals surface area contributed by atoms with Crippen LogP contribution in [0.25, 0.3) is 0 Å². The van der Waals surface area contributed by atoms with Gasteiger partial charge in [0, 0.05) is 13.0 Å². The Bertz CT molecular complexity index is 544. The molecule has 1 aromatic carbocycles. The molecule has 1 fully saturated rings. The van der Waals surface area contributed by atoms with E-state index in [1.807, 2.05) is 0 Å². The minimum Gasteiger partial charge on any atom is -0.497 e. The minimum atomic E-state index is -0.463. The van der Waals surface area contributed by atoms with Crippen LogP contribution in [0, 0.1) is 5.92 Å². The van der Waals surface area contributed by atoms with Crippen LogP contribution in [0.15, 0.2) is 18.2 Å². The van der Waals surface area contributed by atoms with Crippen molar-refractivity contribution in [2.75, 3.05) is 31.7 Å². The number of nitrogens with zero attached hydrogens (tertiary/aromatic N) is 1. The first-order chi connectivity index (χ1) is 10.1. The maximum absolute atomic E-state index is 12.1. The van der Waals surface area contributed by atoms with Crippen molar-refractivity contribution >= 4 is 17.6 Å². The summed E-state index contributed by atoms with van der Waals surface area (Å²) in [5.41, 5.74) is 6.52. The summed E-state index contributed by atoms with van der Waals surface area (Å²) in [6.45, 7) is 2.99. The zero-order valence-corrected chi connectivity index (χ0v) is 12.3. The number of methoxy groups -OCH3 is 1. The summed E-state index contributed by atoms with van der Waals surface area (Å²) in [6.07, 6.45) is 0.408. The second kappa shape index (κ2) is 6.58. The molecule has 0 spiro atoms. The fourth-order valence-electron chi connectivity index (χ4n) is 2.42. The third kappa shape index (κ3) is 3.16. The van der Waals surface area contributed by atoms with Gasteiger partial charge in [0.15, 0.2) is 0 Å². The first-order valence-electron chi connectivity index (χ1n) is 6.96. The monoisotopic (exact) mass is 292 g/mol. The van der Waals surface area contributed by atoms with E-state index in [4.69, 9.17) is 15.2 Å². The summed E-state index contributed by atoms with van der Waals surface area (Å²) in [5.74, 6) is 0.176. The molecule has 1 atom stereocenters. The summed E-state index contributed by atoms with van der Waals surface area (Å²) >= 11 is 0. The molecule has 1 saturated heterocycles. The number of esters is 1. The highest BCUT2D eigenvalue weighted by Gasteiger charge is 2.32. The van der Waals surface area contributed by atoms with Gasteiger partial charge < -0.3 is 20.1 Å². The van der Waals surface area contributed by atoms with Crippen molar-refractivity contribution in [1.29, 1.82) is 0 Å². The lowest BCUT2D eigenvalue weighted by Gasteiger charge is -2.20. The zero-order valence-electron chi connectivity index (χ0n) is 12.3. The number of carbonyl (C=O) groups is 2. The number of anilines is 1. The summed E-state index contributed by atoms with van der Waals surface area (Å²) in [7, 11) is 1.52. The second-order valence-electron chi connectivity index (χ2n) is 4.91. The number of carbonyl (C=O) groups excluding carboxylic acids is 2. The second-order valence-corrected chi connectivity index (χ2v) is 4.91.